The van der Waals surface area contributed by atoms with Crippen LogP contribution in [0, 0.1) is 18.8 Å². The van der Waals surface area contributed by atoms with Crippen LogP contribution in [0.25, 0.3) is 0 Å². The Labute approximate surface area is 119 Å². The van der Waals surface area contributed by atoms with Gasteiger partial charge in [-0.1, -0.05) is 35.0 Å². The van der Waals surface area contributed by atoms with Crippen LogP contribution in [0.15, 0.2) is 22.7 Å². The summed E-state index contributed by atoms with van der Waals surface area (Å²) >= 11 is 3.55. The lowest BCUT2D eigenvalue weighted by Crippen LogP contribution is -2.32. The number of aryl methyl sites for hydroxylation is 1. The zero-order valence-corrected chi connectivity index (χ0v) is 13.1. The minimum atomic E-state index is 0.338. The molecule has 2 rings (SSSR count). The zero-order chi connectivity index (χ0) is 13.3. The summed E-state index contributed by atoms with van der Waals surface area (Å²) < 4.78 is 1.17. The van der Waals surface area contributed by atoms with Crippen LogP contribution in [0.3, 0.4) is 0 Å². The van der Waals surface area contributed by atoms with E-state index in [4.69, 9.17) is 5.73 Å². The number of hydrogen-bond acceptors (Lipinski definition) is 2. The quantitative estimate of drug-likeness (QED) is 0.903. The maximum Gasteiger partial charge on any atom is 0.0467 e. The van der Waals surface area contributed by atoms with E-state index in [0.29, 0.717) is 12.6 Å². The van der Waals surface area contributed by atoms with Crippen molar-refractivity contribution in [1.82, 2.24) is 4.90 Å². The zero-order valence-electron chi connectivity index (χ0n) is 11.5. The highest BCUT2D eigenvalue weighted by atomic mass is 79.9. The smallest absolute Gasteiger partial charge is 0.0467 e. The molecular formula is C15H23BrN2. The maximum atomic E-state index is 5.97. The van der Waals surface area contributed by atoms with Gasteiger partial charge in [0.25, 0.3) is 0 Å². The Morgan fingerprint density at radius 1 is 1.50 bits per heavy atom. The third-order valence-corrected chi connectivity index (χ3v) is 5.01. The number of likely N-dealkylation sites (N-methyl/N-ethyl adjacent to an activating group) is 1. The van der Waals surface area contributed by atoms with Crippen LogP contribution in [-0.4, -0.2) is 25.0 Å². The van der Waals surface area contributed by atoms with Crippen molar-refractivity contribution in [2.45, 2.75) is 26.3 Å². The van der Waals surface area contributed by atoms with Crippen molar-refractivity contribution < 1.29 is 0 Å². The molecule has 0 aliphatic heterocycles. The molecule has 0 bridgehead atoms. The molecule has 3 atom stereocenters. The highest BCUT2D eigenvalue weighted by Gasteiger charge is 2.34. The third kappa shape index (κ3) is 3.14. The fraction of sp³-hybridized carbons (Fsp3) is 0.600. The minimum Gasteiger partial charge on any atom is -0.329 e. The van der Waals surface area contributed by atoms with Gasteiger partial charge >= 0.3 is 0 Å². The summed E-state index contributed by atoms with van der Waals surface area (Å²) in [7, 11) is 2.19. The van der Waals surface area contributed by atoms with Gasteiger partial charge in [-0.25, -0.2) is 0 Å². The number of halogens is 1. The van der Waals surface area contributed by atoms with Gasteiger partial charge in [-0.3, -0.25) is 4.90 Å². The lowest BCUT2D eigenvalue weighted by atomic mass is 10.0. The molecule has 1 aromatic carbocycles. The van der Waals surface area contributed by atoms with Gasteiger partial charge in [-0.2, -0.15) is 0 Å². The van der Waals surface area contributed by atoms with Gasteiger partial charge in [0.05, 0.1) is 0 Å². The van der Waals surface area contributed by atoms with Crippen LogP contribution < -0.4 is 5.73 Å². The standard InChI is InChI=1S/C15H23BrN2/c1-10-6-13(10)9-18(3)15(8-17)12-4-5-14(16)11(2)7-12/h4-5,7,10,13,15H,6,8-9,17H2,1-3H3. The Bertz CT molecular complexity index is 419. The molecule has 0 amide bonds. The van der Waals surface area contributed by atoms with Gasteiger partial charge in [-0.15, -0.1) is 0 Å². The molecular weight excluding hydrogens is 288 g/mol. The first-order chi connectivity index (χ1) is 8.52. The molecule has 1 fully saturated rings. The second kappa shape index (κ2) is 5.72. The van der Waals surface area contributed by atoms with Crippen LogP contribution in [-0.2, 0) is 0 Å². The second-order valence-corrected chi connectivity index (χ2v) is 6.53. The summed E-state index contributed by atoms with van der Waals surface area (Å²) in [4.78, 5) is 2.41. The molecule has 100 valence electrons. The third-order valence-electron chi connectivity index (χ3n) is 4.12. The Morgan fingerprint density at radius 2 is 2.17 bits per heavy atom. The summed E-state index contributed by atoms with van der Waals surface area (Å²) in [5, 5.41) is 0. The van der Waals surface area contributed by atoms with Gasteiger partial charge in [-0.05, 0) is 49.4 Å². The van der Waals surface area contributed by atoms with Crippen molar-refractivity contribution in [2.75, 3.05) is 20.1 Å². The first kappa shape index (κ1) is 14.0. The summed E-state index contributed by atoms with van der Waals surface area (Å²) in [6, 6.07) is 6.89. The molecule has 0 radical (unpaired) electrons. The SMILES string of the molecule is Cc1cc(C(CN)N(C)CC2CC2C)ccc1Br. The number of benzene rings is 1. The first-order valence-electron chi connectivity index (χ1n) is 6.69. The largest absolute Gasteiger partial charge is 0.329 e. The number of hydrogen-bond donors (Lipinski definition) is 1. The predicted octanol–water partition coefficient (Wildman–Crippen LogP) is 3.35. The lowest BCUT2D eigenvalue weighted by molar-refractivity contribution is 0.237. The number of nitrogens with zero attached hydrogens (tertiary/aromatic N) is 1. The van der Waals surface area contributed by atoms with Crippen LogP contribution in [0.2, 0.25) is 0 Å². The number of nitrogens with two attached hydrogens (primary N) is 1. The van der Waals surface area contributed by atoms with E-state index in [9.17, 15) is 0 Å². The molecule has 1 aliphatic carbocycles. The fourth-order valence-corrected chi connectivity index (χ4v) is 2.84. The van der Waals surface area contributed by atoms with Crippen LogP contribution in [0.1, 0.15) is 30.5 Å². The molecule has 0 heterocycles. The minimum absolute atomic E-state index is 0.338. The van der Waals surface area contributed by atoms with E-state index in [0.717, 1.165) is 18.4 Å². The Balaban J connectivity index is 2.08. The first-order valence-corrected chi connectivity index (χ1v) is 7.48. The van der Waals surface area contributed by atoms with Crippen molar-refractivity contribution in [3.63, 3.8) is 0 Å². The van der Waals surface area contributed by atoms with E-state index < -0.39 is 0 Å². The van der Waals surface area contributed by atoms with Gasteiger partial charge in [0.2, 0.25) is 0 Å². The van der Waals surface area contributed by atoms with Crippen molar-refractivity contribution in [1.29, 1.82) is 0 Å². The maximum absolute atomic E-state index is 5.97. The van der Waals surface area contributed by atoms with Crippen molar-refractivity contribution >= 4 is 15.9 Å². The second-order valence-electron chi connectivity index (χ2n) is 5.67. The van der Waals surface area contributed by atoms with E-state index >= 15 is 0 Å². The highest BCUT2D eigenvalue weighted by Crippen LogP contribution is 2.39. The average Bonchev–Trinajstić information content (AvgIpc) is 3.00. The van der Waals surface area contributed by atoms with E-state index in [1.807, 2.05) is 0 Å². The van der Waals surface area contributed by atoms with Crippen LogP contribution in [0.5, 0.6) is 0 Å². The topological polar surface area (TPSA) is 29.3 Å². The van der Waals surface area contributed by atoms with Crippen molar-refractivity contribution in [3.05, 3.63) is 33.8 Å². The van der Waals surface area contributed by atoms with E-state index in [1.54, 1.807) is 0 Å². The normalized spacial score (nSPS) is 24.3. The molecule has 0 spiro atoms. The average molecular weight is 311 g/mol. The van der Waals surface area contributed by atoms with Crippen molar-refractivity contribution in [3.8, 4) is 0 Å². The molecule has 1 saturated carbocycles. The van der Waals surface area contributed by atoms with Crippen LogP contribution in [0.4, 0.5) is 0 Å². The Hall–Kier alpha value is -0.380. The predicted molar refractivity (Wildman–Crippen MR) is 80.6 cm³/mol. The Morgan fingerprint density at radius 3 is 2.67 bits per heavy atom. The van der Waals surface area contributed by atoms with Gasteiger partial charge in [0.1, 0.15) is 0 Å². The molecule has 3 heteroatoms. The highest BCUT2D eigenvalue weighted by molar-refractivity contribution is 9.10. The fourth-order valence-electron chi connectivity index (χ4n) is 2.60. The van der Waals surface area contributed by atoms with Gasteiger partial charge in [0, 0.05) is 23.6 Å². The molecule has 18 heavy (non-hydrogen) atoms. The molecule has 2 N–H and O–H groups in total. The molecule has 1 aromatic rings. The monoisotopic (exact) mass is 310 g/mol. The van der Waals surface area contributed by atoms with Crippen molar-refractivity contribution in [2.24, 2.45) is 17.6 Å². The van der Waals surface area contributed by atoms with Gasteiger partial charge in [0.15, 0.2) is 0 Å². The molecule has 1 aliphatic rings. The molecule has 2 nitrogen and oxygen atoms in total. The lowest BCUT2D eigenvalue weighted by Gasteiger charge is -2.28. The molecule has 0 saturated heterocycles. The van der Waals surface area contributed by atoms with E-state index in [-0.39, 0.29) is 0 Å². The molecule has 3 unspecified atom stereocenters. The summed E-state index contributed by atoms with van der Waals surface area (Å²) in [5.74, 6) is 1.78. The summed E-state index contributed by atoms with van der Waals surface area (Å²) in [6.07, 6.45) is 1.38. The van der Waals surface area contributed by atoms with Crippen LogP contribution >= 0.6 is 15.9 Å². The summed E-state index contributed by atoms with van der Waals surface area (Å²) in [5.41, 5.74) is 8.58. The van der Waals surface area contributed by atoms with Gasteiger partial charge < -0.3 is 5.73 Å². The summed E-state index contributed by atoms with van der Waals surface area (Å²) in [6.45, 7) is 6.31. The molecule has 0 aromatic heterocycles. The number of rotatable bonds is 5. The van der Waals surface area contributed by atoms with E-state index in [2.05, 4.69) is 59.9 Å². The van der Waals surface area contributed by atoms with E-state index in [1.165, 1.54) is 22.0 Å². The Kier molecular flexibility index (Phi) is 4.46.